The highest BCUT2D eigenvalue weighted by molar-refractivity contribution is 5.34. The molecule has 0 aliphatic heterocycles. The van der Waals surface area contributed by atoms with E-state index in [2.05, 4.69) is 52.8 Å². The van der Waals surface area contributed by atoms with Crippen molar-refractivity contribution in [3.8, 4) is 0 Å². The topological polar surface area (TPSA) is 26.0 Å². The molecule has 1 rings (SSSR count). The van der Waals surface area contributed by atoms with Gasteiger partial charge in [0.25, 0.3) is 0 Å². The lowest BCUT2D eigenvalue weighted by molar-refractivity contribution is 0.308. The Labute approximate surface area is 100 Å². The Morgan fingerprint density at radius 1 is 1.19 bits per heavy atom. The van der Waals surface area contributed by atoms with Crippen molar-refractivity contribution in [2.75, 3.05) is 0 Å². The number of rotatable bonds is 4. The molecule has 0 bridgehead atoms. The Bertz CT molecular complexity index is 330. The lowest BCUT2D eigenvalue weighted by Crippen LogP contribution is -2.27. The summed E-state index contributed by atoms with van der Waals surface area (Å²) >= 11 is 0. The summed E-state index contributed by atoms with van der Waals surface area (Å²) in [7, 11) is 0. The van der Waals surface area contributed by atoms with Crippen molar-refractivity contribution in [3.63, 3.8) is 0 Å². The van der Waals surface area contributed by atoms with Gasteiger partial charge >= 0.3 is 0 Å². The minimum absolute atomic E-state index is 0.277. The molecule has 0 aliphatic carbocycles. The second kappa shape index (κ2) is 5.01. The number of aryl methyl sites for hydroxylation is 2. The summed E-state index contributed by atoms with van der Waals surface area (Å²) in [4.78, 5) is 0. The summed E-state index contributed by atoms with van der Waals surface area (Å²) in [5.41, 5.74) is 10.5. The average Bonchev–Trinajstić information content (AvgIpc) is 2.09. The molecule has 0 spiro atoms. The van der Waals surface area contributed by atoms with Crippen LogP contribution in [0.4, 0.5) is 0 Å². The maximum Gasteiger partial charge on any atom is 0.00156 e. The normalized spacial score (nSPS) is 13.9. The van der Waals surface area contributed by atoms with E-state index in [9.17, 15) is 0 Å². The second-order valence-electron chi connectivity index (χ2n) is 5.89. The highest BCUT2D eigenvalue weighted by Gasteiger charge is 2.21. The van der Waals surface area contributed by atoms with Crippen LogP contribution < -0.4 is 5.73 Å². The second-order valence-corrected chi connectivity index (χ2v) is 5.89. The molecule has 1 aromatic carbocycles. The number of hydrogen-bond acceptors (Lipinski definition) is 1. The van der Waals surface area contributed by atoms with Crippen LogP contribution in [0.15, 0.2) is 18.2 Å². The van der Waals surface area contributed by atoms with Gasteiger partial charge in [-0.1, -0.05) is 32.0 Å². The summed E-state index contributed by atoms with van der Waals surface area (Å²) in [5, 5.41) is 0. The molecule has 0 fully saturated rings. The van der Waals surface area contributed by atoms with E-state index in [0.29, 0.717) is 0 Å². The van der Waals surface area contributed by atoms with Crippen molar-refractivity contribution < 1.29 is 0 Å². The van der Waals surface area contributed by atoms with E-state index in [1.165, 1.54) is 16.7 Å². The molecule has 1 atom stereocenters. The van der Waals surface area contributed by atoms with Gasteiger partial charge in [0.05, 0.1) is 0 Å². The van der Waals surface area contributed by atoms with Crippen LogP contribution in [0.5, 0.6) is 0 Å². The molecule has 0 heterocycles. The maximum absolute atomic E-state index is 5.91. The first-order valence-corrected chi connectivity index (χ1v) is 6.12. The summed E-state index contributed by atoms with van der Waals surface area (Å²) < 4.78 is 0. The molecular formula is C15H25N. The zero-order chi connectivity index (χ0) is 12.3. The van der Waals surface area contributed by atoms with E-state index < -0.39 is 0 Å². The highest BCUT2D eigenvalue weighted by atomic mass is 14.6. The number of benzene rings is 1. The Morgan fingerprint density at radius 3 is 2.12 bits per heavy atom. The van der Waals surface area contributed by atoms with Crippen LogP contribution in [0.2, 0.25) is 0 Å². The monoisotopic (exact) mass is 219 g/mol. The largest absolute Gasteiger partial charge is 0.328 e. The summed E-state index contributed by atoms with van der Waals surface area (Å²) in [6.45, 7) is 11.1. The zero-order valence-corrected chi connectivity index (χ0v) is 11.3. The zero-order valence-electron chi connectivity index (χ0n) is 11.3. The van der Waals surface area contributed by atoms with Crippen molar-refractivity contribution in [3.05, 3.63) is 34.9 Å². The van der Waals surface area contributed by atoms with Crippen LogP contribution in [-0.4, -0.2) is 6.04 Å². The van der Waals surface area contributed by atoms with Crippen LogP contribution in [0.1, 0.15) is 43.9 Å². The molecule has 1 aromatic rings. The van der Waals surface area contributed by atoms with Gasteiger partial charge in [-0.15, -0.1) is 0 Å². The molecule has 0 amide bonds. The molecule has 0 aliphatic rings. The Kier molecular flexibility index (Phi) is 4.15. The van der Waals surface area contributed by atoms with E-state index in [1.807, 2.05) is 0 Å². The molecule has 2 N–H and O–H groups in total. The third-order valence-corrected chi connectivity index (χ3v) is 3.17. The van der Waals surface area contributed by atoms with E-state index in [4.69, 9.17) is 5.73 Å². The van der Waals surface area contributed by atoms with Gasteiger partial charge in [-0.2, -0.15) is 0 Å². The molecule has 90 valence electrons. The maximum atomic E-state index is 5.91. The van der Waals surface area contributed by atoms with Gasteiger partial charge in [-0.3, -0.25) is 0 Å². The highest BCUT2D eigenvalue weighted by Crippen LogP contribution is 2.29. The van der Waals surface area contributed by atoms with E-state index in [-0.39, 0.29) is 11.5 Å². The van der Waals surface area contributed by atoms with Crippen LogP contribution >= 0.6 is 0 Å². The first-order chi connectivity index (χ1) is 7.32. The molecule has 0 radical (unpaired) electrons. The van der Waals surface area contributed by atoms with Crippen molar-refractivity contribution in [2.45, 2.75) is 53.5 Å². The minimum Gasteiger partial charge on any atom is -0.328 e. The van der Waals surface area contributed by atoms with E-state index >= 15 is 0 Å². The fourth-order valence-electron chi connectivity index (χ4n) is 2.55. The summed E-state index contributed by atoms with van der Waals surface area (Å²) in [6, 6.07) is 6.81. The van der Waals surface area contributed by atoms with Crippen molar-refractivity contribution in [1.82, 2.24) is 0 Å². The molecule has 16 heavy (non-hydrogen) atoms. The quantitative estimate of drug-likeness (QED) is 0.822. The van der Waals surface area contributed by atoms with Crippen LogP contribution in [-0.2, 0) is 6.42 Å². The van der Waals surface area contributed by atoms with Crippen LogP contribution in [0.25, 0.3) is 0 Å². The fraction of sp³-hybridized carbons (Fsp3) is 0.600. The van der Waals surface area contributed by atoms with Gasteiger partial charge in [0, 0.05) is 6.04 Å². The van der Waals surface area contributed by atoms with Gasteiger partial charge in [0.2, 0.25) is 0 Å². The Hall–Kier alpha value is -0.820. The minimum atomic E-state index is 0.277. The smallest absolute Gasteiger partial charge is 0.00156 e. The van der Waals surface area contributed by atoms with Crippen molar-refractivity contribution in [2.24, 2.45) is 11.1 Å². The molecular weight excluding hydrogens is 194 g/mol. The Balaban J connectivity index is 2.87. The molecule has 1 nitrogen and oxygen atoms in total. The van der Waals surface area contributed by atoms with E-state index in [0.717, 1.165) is 12.8 Å². The average molecular weight is 219 g/mol. The predicted molar refractivity (Wildman–Crippen MR) is 71.7 cm³/mol. The fourth-order valence-corrected chi connectivity index (χ4v) is 2.55. The van der Waals surface area contributed by atoms with Gasteiger partial charge in [0.1, 0.15) is 0 Å². The predicted octanol–water partition coefficient (Wildman–Crippen LogP) is 3.61. The van der Waals surface area contributed by atoms with Gasteiger partial charge < -0.3 is 5.73 Å². The number of hydrogen-bond donors (Lipinski definition) is 1. The first-order valence-electron chi connectivity index (χ1n) is 6.12. The van der Waals surface area contributed by atoms with Gasteiger partial charge in [-0.05, 0) is 55.7 Å². The van der Waals surface area contributed by atoms with Crippen molar-refractivity contribution in [1.29, 1.82) is 0 Å². The standard InChI is InChI=1S/C15H25N/c1-11-7-6-8-12(2)14(11)10-15(4,5)9-13(3)16/h6-8,13H,9-10,16H2,1-5H3. The van der Waals surface area contributed by atoms with Gasteiger partial charge in [-0.25, -0.2) is 0 Å². The Morgan fingerprint density at radius 2 is 1.69 bits per heavy atom. The lowest BCUT2D eigenvalue weighted by Gasteiger charge is -2.28. The lowest BCUT2D eigenvalue weighted by atomic mass is 9.78. The van der Waals surface area contributed by atoms with Crippen molar-refractivity contribution >= 4 is 0 Å². The SMILES string of the molecule is Cc1cccc(C)c1CC(C)(C)CC(C)N. The molecule has 1 unspecified atom stereocenters. The molecule has 0 saturated heterocycles. The van der Waals surface area contributed by atoms with E-state index in [1.54, 1.807) is 0 Å². The molecule has 0 saturated carbocycles. The summed E-state index contributed by atoms with van der Waals surface area (Å²) in [5.74, 6) is 0. The van der Waals surface area contributed by atoms with Gasteiger partial charge in [0.15, 0.2) is 0 Å². The molecule has 1 heteroatoms. The molecule has 0 aromatic heterocycles. The van der Waals surface area contributed by atoms with Crippen LogP contribution in [0.3, 0.4) is 0 Å². The first kappa shape index (κ1) is 13.2. The third-order valence-electron chi connectivity index (χ3n) is 3.17. The summed E-state index contributed by atoms with van der Waals surface area (Å²) in [6.07, 6.45) is 2.19. The van der Waals surface area contributed by atoms with Crippen LogP contribution in [0, 0.1) is 19.3 Å². The number of nitrogens with two attached hydrogens (primary N) is 1. The third kappa shape index (κ3) is 3.64.